The molecule has 2 fully saturated rings. The minimum atomic E-state index is 0.477. The Kier molecular flexibility index (Phi) is 5.23. The van der Waals surface area contributed by atoms with Gasteiger partial charge >= 0.3 is 0 Å². The number of nitrogens with zero attached hydrogens (tertiary/aromatic N) is 1. The molecule has 2 aromatic carbocycles. The number of anilines is 1. The van der Waals surface area contributed by atoms with Gasteiger partial charge in [-0.2, -0.15) is 0 Å². The van der Waals surface area contributed by atoms with Gasteiger partial charge in [0.05, 0.1) is 0 Å². The average Bonchev–Trinajstić information content (AvgIpc) is 2.87. The van der Waals surface area contributed by atoms with E-state index in [9.17, 15) is 0 Å². The molecule has 4 heteroatoms. The van der Waals surface area contributed by atoms with Crippen LogP contribution in [0.4, 0.5) is 5.69 Å². The molecular weight excluding hydrogens is 338 g/mol. The molecule has 2 aliphatic heterocycles. The highest BCUT2D eigenvalue weighted by atomic mass is 32.1. The third-order valence-corrected chi connectivity index (χ3v) is 5.96. The summed E-state index contributed by atoms with van der Waals surface area (Å²) in [5.74, 6) is 0. The van der Waals surface area contributed by atoms with Crippen molar-refractivity contribution in [3.8, 4) is 0 Å². The van der Waals surface area contributed by atoms with Crippen LogP contribution in [-0.4, -0.2) is 28.1 Å². The van der Waals surface area contributed by atoms with Crippen molar-refractivity contribution < 1.29 is 0 Å². The number of thiocarbonyl (C=S) groups is 1. The van der Waals surface area contributed by atoms with Crippen molar-refractivity contribution in [2.24, 2.45) is 0 Å². The Labute approximate surface area is 161 Å². The molecule has 0 saturated carbocycles. The predicted octanol–water partition coefficient (Wildman–Crippen LogP) is 4.48. The fourth-order valence-corrected chi connectivity index (χ4v) is 4.72. The first kappa shape index (κ1) is 17.5. The number of nitrogens with one attached hydrogen (secondary N) is 2. The first-order valence-electron chi connectivity index (χ1n) is 9.61. The van der Waals surface area contributed by atoms with Crippen molar-refractivity contribution >= 4 is 23.0 Å². The van der Waals surface area contributed by atoms with Crippen molar-refractivity contribution in [3.63, 3.8) is 0 Å². The van der Waals surface area contributed by atoms with Gasteiger partial charge in [0.2, 0.25) is 0 Å². The van der Waals surface area contributed by atoms with Crippen molar-refractivity contribution in [1.82, 2.24) is 10.2 Å². The van der Waals surface area contributed by atoms with Crippen LogP contribution in [0.2, 0.25) is 0 Å². The number of hydrogen-bond donors (Lipinski definition) is 2. The van der Waals surface area contributed by atoms with E-state index in [0.717, 1.165) is 17.3 Å². The number of piperidine rings is 1. The van der Waals surface area contributed by atoms with Gasteiger partial charge < -0.3 is 10.6 Å². The first-order chi connectivity index (χ1) is 12.7. The number of rotatable bonds is 4. The molecule has 136 valence electrons. The molecule has 0 aliphatic carbocycles. The maximum Gasteiger partial charge on any atom is 0.170 e. The van der Waals surface area contributed by atoms with Gasteiger partial charge in [0.15, 0.2) is 5.11 Å². The van der Waals surface area contributed by atoms with Crippen molar-refractivity contribution in [3.05, 3.63) is 65.7 Å². The van der Waals surface area contributed by atoms with E-state index in [0.29, 0.717) is 18.1 Å². The molecule has 2 N–H and O–H groups in total. The Morgan fingerprint density at radius 3 is 2.31 bits per heavy atom. The van der Waals surface area contributed by atoms with Crippen molar-refractivity contribution in [2.45, 2.75) is 57.3 Å². The van der Waals surface area contributed by atoms with Gasteiger partial charge in [-0.3, -0.25) is 4.90 Å². The minimum absolute atomic E-state index is 0.477. The van der Waals surface area contributed by atoms with Crippen LogP contribution in [0.25, 0.3) is 0 Å². The molecule has 1 unspecified atom stereocenters. The Morgan fingerprint density at radius 1 is 1.00 bits per heavy atom. The summed E-state index contributed by atoms with van der Waals surface area (Å²) in [5, 5.41) is 7.63. The highest BCUT2D eigenvalue weighted by Gasteiger charge is 2.40. The molecule has 2 saturated heterocycles. The number of benzene rings is 2. The Hall–Kier alpha value is -1.91. The third-order valence-electron chi connectivity index (χ3n) is 5.74. The van der Waals surface area contributed by atoms with E-state index in [1.165, 1.54) is 36.8 Å². The van der Waals surface area contributed by atoms with E-state index in [1.807, 2.05) is 0 Å². The summed E-state index contributed by atoms with van der Waals surface area (Å²) in [6, 6.07) is 21.0. The smallest absolute Gasteiger partial charge is 0.170 e. The number of aryl methyl sites for hydroxylation is 1. The Morgan fingerprint density at radius 2 is 1.65 bits per heavy atom. The standard InChI is InChI=1S/C22H27N3S/c1-16-7-9-18(10-8-16)23-22(26)24-19-13-20-11-12-21(14-19)25(20)15-17-5-3-2-4-6-17/h2-10,19-21H,11-15H2,1H3,(H2,23,24,26)/t19?,20-,21+. The second-order valence-corrected chi connectivity index (χ2v) is 8.08. The molecule has 0 amide bonds. The zero-order valence-electron chi connectivity index (χ0n) is 15.3. The summed E-state index contributed by atoms with van der Waals surface area (Å²) in [7, 11) is 0. The fraction of sp³-hybridized carbons (Fsp3) is 0.409. The van der Waals surface area contributed by atoms with Gasteiger partial charge in [-0.25, -0.2) is 0 Å². The lowest BCUT2D eigenvalue weighted by molar-refractivity contribution is 0.115. The predicted molar refractivity (Wildman–Crippen MR) is 112 cm³/mol. The lowest BCUT2D eigenvalue weighted by atomic mass is 9.96. The summed E-state index contributed by atoms with van der Waals surface area (Å²) < 4.78 is 0. The number of fused-ring (bicyclic) bond motifs is 2. The Bertz CT molecular complexity index is 730. The van der Waals surface area contributed by atoms with E-state index >= 15 is 0 Å². The Balaban J connectivity index is 1.32. The maximum atomic E-state index is 5.55. The van der Waals surface area contributed by atoms with Crippen molar-refractivity contribution in [1.29, 1.82) is 0 Å². The molecular formula is C22H27N3S. The highest BCUT2D eigenvalue weighted by Crippen LogP contribution is 2.36. The molecule has 3 nitrogen and oxygen atoms in total. The van der Waals surface area contributed by atoms with Crippen LogP contribution in [-0.2, 0) is 6.54 Å². The van der Waals surface area contributed by atoms with Gasteiger partial charge in [-0.05, 0) is 62.5 Å². The molecule has 2 bridgehead atoms. The highest BCUT2D eigenvalue weighted by molar-refractivity contribution is 7.80. The van der Waals surface area contributed by atoms with Gasteiger partial charge in [-0.1, -0.05) is 48.0 Å². The van der Waals surface area contributed by atoms with Gasteiger partial charge in [0.1, 0.15) is 0 Å². The van der Waals surface area contributed by atoms with Gasteiger partial charge in [0, 0.05) is 30.4 Å². The van der Waals surface area contributed by atoms with Crippen LogP contribution in [0, 0.1) is 6.92 Å². The van der Waals surface area contributed by atoms with Gasteiger partial charge in [-0.15, -0.1) is 0 Å². The zero-order valence-corrected chi connectivity index (χ0v) is 16.1. The molecule has 3 atom stereocenters. The average molecular weight is 366 g/mol. The summed E-state index contributed by atoms with van der Waals surface area (Å²) in [5.41, 5.74) is 3.74. The molecule has 4 rings (SSSR count). The first-order valence-corrected chi connectivity index (χ1v) is 10.0. The van der Waals surface area contributed by atoms with Crippen LogP contribution < -0.4 is 10.6 Å². The SMILES string of the molecule is Cc1ccc(NC(=S)NC2C[C@H]3CC[C@@H](C2)N3Cc2ccccc2)cc1. The van der Waals surface area contributed by atoms with Crippen LogP contribution in [0.5, 0.6) is 0 Å². The molecule has 2 heterocycles. The summed E-state index contributed by atoms with van der Waals surface area (Å²) >= 11 is 5.55. The molecule has 0 spiro atoms. The molecule has 2 aromatic rings. The van der Waals surface area contributed by atoms with Crippen molar-refractivity contribution in [2.75, 3.05) is 5.32 Å². The molecule has 26 heavy (non-hydrogen) atoms. The van der Waals surface area contributed by atoms with E-state index in [4.69, 9.17) is 12.2 Å². The van der Waals surface area contributed by atoms with E-state index < -0.39 is 0 Å². The molecule has 0 aromatic heterocycles. The largest absolute Gasteiger partial charge is 0.360 e. The normalized spacial score (nSPS) is 25.0. The number of hydrogen-bond acceptors (Lipinski definition) is 2. The van der Waals surface area contributed by atoms with E-state index in [1.54, 1.807) is 0 Å². The van der Waals surface area contributed by atoms with Crippen LogP contribution in [0.3, 0.4) is 0 Å². The topological polar surface area (TPSA) is 27.3 Å². The van der Waals surface area contributed by atoms with Crippen LogP contribution in [0.1, 0.15) is 36.8 Å². The lowest BCUT2D eigenvalue weighted by Gasteiger charge is -2.39. The fourth-order valence-electron chi connectivity index (χ4n) is 4.43. The second kappa shape index (κ2) is 7.77. The van der Waals surface area contributed by atoms with Crippen LogP contribution in [0.15, 0.2) is 54.6 Å². The van der Waals surface area contributed by atoms with E-state index in [2.05, 4.69) is 77.1 Å². The maximum absolute atomic E-state index is 5.55. The summed E-state index contributed by atoms with van der Waals surface area (Å²) in [4.78, 5) is 2.71. The monoisotopic (exact) mass is 365 g/mol. The summed E-state index contributed by atoms with van der Waals surface area (Å²) in [6.45, 7) is 3.17. The lowest BCUT2D eigenvalue weighted by Crippen LogP contribution is -2.50. The summed E-state index contributed by atoms with van der Waals surface area (Å²) in [6.07, 6.45) is 4.99. The second-order valence-electron chi connectivity index (χ2n) is 7.68. The third kappa shape index (κ3) is 4.08. The zero-order chi connectivity index (χ0) is 17.9. The minimum Gasteiger partial charge on any atom is -0.360 e. The molecule has 2 aliphatic rings. The molecule has 0 radical (unpaired) electrons. The van der Waals surface area contributed by atoms with E-state index in [-0.39, 0.29) is 0 Å². The quantitative estimate of drug-likeness (QED) is 0.782. The van der Waals surface area contributed by atoms with Crippen LogP contribution >= 0.6 is 12.2 Å². The van der Waals surface area contributed by atoms with Gasteiger partial charge in [0.25, 0.3) is 0 Å².